The van der Waals surface area contributed by atoms with E-state index < -0.39 is 24.0 Å². The summed E-state index contributed by atoms with van der Waals surface area (Å²) < 4.78 is 22.0. The first-order chi connectivity index (χ1) is 16.4. The maximum absolute atomic E-state index is 14.2. The van der Waals surface area contributed by atoms with Crippen LogP contribution < -0.4 is 14.2 Å². The van der Waals surface area contributed by atoms with Gasteiger partial charge in [-0.3, -0.25) is 4.79 Å². The number of amides is 1. The van der Waals surface area contributed by atoms with Gasteiger partial charge in [-0.2, -0.15) is 0 Å². The molecule has 0 bridgehead atoms. The lowest BCUT2D eigenvalue weighted by molar-refractivity contribution is -0.163. The van der Waals surface area contributed by atoms with Crippen LogP contribution in [0, 0.1) is 5.92 Å². The van der Waals surface area contributed by atoms with Gasteiger partial charge in [0.05, 0.1) is 33.9 Å². The van der Waals surface area contributed by atoms with E-state index in [0.717, 1.165) is 44.1 Å². The van der Waals surface area contributed by atoms with Gasteiger partial charge in [-0.05, 0) is 62.6 Å². The summed E-state index contributed by atoms with van der Waals surface area (Å²) in [6, 6.07) is 3.09. The maximum atomic E-state index is 14.2. The SMILES string of the molecule is COc1cc([C@@H](C(=O)N2CCCC[C@H]2C(=O)OC(C)CO)C2CCCCC2)cc(OC)c1OC. The second kappa shape index (κ2) is 12.3. The Labute approximate surface area is 202 Å². The number of carbonyl (C=O) groups excluding carboxylic acids is 2. The van der Waals surface area contributed by atoms with E-state index in [9.17, 15) is 14.7 Å². The van der Waals surface area contributed by atoms with Crippen molar-refractivity contribution >= 4 is 11.9 Å². The highest BCUT2D eigenvalue weighted by molar-refractivity contribution is 5.89. The number of hydrogen-bond acceptors (Lipinski definition) is 7. The smallest absolute Gasteiger partial charge is 0.329 e. The Kier molecular flexibility index (Phi) is 9.45. The minimum atomic E-state index is -0.636. The predicted octanol–water partition coefficient (Wildman–Crippen LogP) is 3.68. The van der Waals surface area contributed by atoms with Crippen LogP contribution in [0.15, 0.2) is 12.1 Å². The quantitative estimate of drug-likeness (QED) is 0.542. The lowest BCUT2D eigenvalue weighted by atomic mass is 9.75. The molecule has 0 aromatic heterocycles. The Balaban J connectivity index is 2.00. The first kappa shape index (κ1) is 26.1. The van der Waals surface area contributed by atoms with Crippen LogP contribution in [0.25, 0.3) is 0 Å². The summed E-state index contributed by atoms with van der Waals surface area (Å²) in [4.78, 5) is 28.8. The van der Waals surface area contributed by atoms with Crippen molar-refractivity contribution < 1.29 is 33.6 Å². The van der Waals surface area contributed by atoms with Gasteiger partial charge in [0, 0.05) is 6.54 Å². The van der Waals surface area contributed by atoms with E-state index in [0.29, 0.717) is 30.2 Å². The van der Waals surface area contributed by atoms with Gasteiger partial charge < -0.3 is 29.0 Å². The van der Waals surface area contributed by atoms with E-state index in [2.05, 4.69) is 0 Å². The molecule has 2 fully saturated rings. The van der Waals surface area contributed by atoms with E-state index in [1.807, 2.05) is 12.1 Å². The average Bonchev–Trinajstić information content (AvgIpc) is 2.88. The number of piperidine rings is 1. The average molecular weight is 478 g/mol. The Morgan fingerprint density at radius 2 is 1.59 bits per heavy atom. The van der Waals surface area contributed by atoms with E-state index in [-0.39, 0.29) is 18.4 Å². The molecule has 1 heterocycles. The van der Waals surface area contributed by atoms with Crippen molar-refractivity contribution in [2.45, 2.75) is 76.4 Å². The van der Waals surface area contributed by atoms with Crippen molar-refractivity contribution in [3.05, 3.63) is 17.7 Å². The number of likely N-dealkylation sites (tertiary alicyclic amines) is 1. The van der Waals surface area contributed by atoms with Crippen LogP contribution in [0.2, 0.25) is 0 Å². The number of aliphatic hydroxyl groups excluding tert-OH is 1. The summed E-state index contributed by atoms with van der Waals surface area (Å²) >= 11 is 0. The van der Waals surface area contributed by atoms with Crippen molar-refractivity contribution in [1.82, 2.24) is 4.90 Å². The Morgan fingerprint density at radius 3 is 2.15 bits per heavy atom. The highest BCUT2D eigenvalue weighted by Gasteiger charge is 2.41. The molecule has 1 N–H and O–H groups in total. The molecule has 1 saturated carbocycles. The summed E-state index contributed by atoms with van der Waals surface area (Å²) in [5.74, 6) is 0.757. The molecule has 0 radical (unpaired) electrons. The summed E-state index contributed by atoms with van der Waals surface area (Å²) in [5, 5.41) is 9.31. The molecule has 3 rings (SSSR count). The van der Waals surface area contributed by atoms with Gasteiger partial charge in [-0.15, -0.1) is 0 Å². The van der Waals surface area contributed by atoms with Gasteiger partial charge in [0.2, 0.25) is 11.7 Å². The fraction of sp³-hybridized carbons (Fsp3) is 0.692. The molecule has 8 nitrogen and oxygen atoms in total. The number of esters is 1. The van der Waals surface area contributed by atoms with Crippen molar-refractivity contribution in [1.29, 1.82) is 0 Å². The Bertz CT molecular complexity index is 811. The molecule has 1 aromatic carbocycles. The molecule has 8 heteroatoms. The van der Waals surface area contributed by atoms with E-state index in [1.54, 1.807) is 33.2 Å². The third-order valence-electron chi connectivity index (χ3n) is 7.07. The number of aliphatic hydroxyl groups is 1. The molecule has 1 unspecified atom stereocenters. The van der Waals surface area contributed by atoms with Crippen molar-refractivity contribution in [2.24, 2.45) is 5.92 Å². The van der Waals surface area contributed by atoms with Gasteiger partial charge in [0.1, 0.15) is 12.1 Å². The van der Waals surface area contributed by atoms with Crippen LogP contribution in [-0.4, -0.2) is 68.5 Å². The zero-order valence-corrected chi connectivity index (χ0v) is 20.9. The molecule has 2 aliphatic rings. The van der Waals surface area contributed by atoms with Crippen LogP contribution in [0.3, 0.4) is 0 Å². The molecule has 1 amide bonds. The zero-order valence-electron chi connectivity index (χ0n) is 20.9. The van der Waals surface area contributed by atoms with Crippen LogP contribution in [0.1, 0.15) is 69.8 Å². The van der Waals surface area contributed by atoms with E-state index in [1.165, 1.54) is 6.42 Å². The fourth-order valence-electron chi connectivity index (χ4n) is 5.30. The standard InChI is InChI=1S/C26H39NO7/c1-17(16-28)34-26(30)20-12-8-9-13-27(20)25(29)23(18-10-6-5-7-11-18)19-14-21(31-2)24(33-4)22(15-19)32-3/h14-15,17-18,20,23,28H,5-13,16H2,1-4H3/t17?,20-,23-/m0/s1. The number of rotatable bonds is 9. The molecule has 0 spiro atoms. The lowest BCUT2D eigenvalue weighted by Gasteiger charge is -2.39. The zero-order chi connectivity index (χ0) is 24.7. The highest BCUT2D eigenvalue weighted by Crippen LogP contribution is 2.45. The number of ether oxygens (including phenoxy) is 4. The molecule has 1 aliphatic carbocycles. The summed E-state index contributed by atoms with van der Waals surface area (Å²) in [7, 11) is 4.69. The third-order valence-corrected chi connectivity index (χ3v) is 7.07. The number of benzene rings is 1. The molecule has 1 aromatic rings. The summed E-state index contributed by atoms with van der Waals surface area (Å²) in [6.07, 6.45) is 6.91. The van der Waals surface area contributed by atoms with Gasteiger partial charge in [0.15, 0.2) is 11.5 Å². The van der Waals surface area contributed by atoms with Gasteiger partial charge in [0.25, 0.3) is 0 Å². The monoisotopic (exact) mass is 477 g/mol. The van der Waals surface area contributed by atoms with Crippen LogP contribution in [0.4, 0.5) is 0 Å². The Hall–Kier alpha value is -2.48. The minimum absolute atomic E-state index is 0.0560. The van der Waals surface area contributed by atoms with Gasteiger partial charge in [-0.25, -0.2) is 4.79 Å². The van der Waals surface area contributed by atoms with Crippen LogP contribution in [0.5, 0.6) is 17.2 Å². The molecular formula is C26H39NO7. The first-order valence-electron chi connectivity index (χ1n) is 12.4. The second-order valence-corrected chi connectivity index (χ2v) is 9.31. The largest absolute Gasteiger partial charge is 0.493 e. The number of hydrogen-bond donors (Lipinski definition) is 1. The van der Waals surface area contributed by atoms with Crippen LogP contribution in [-0.2, 0) is 14.3 Å². The first-order valence-corrected chi connectivity index (χ1v) is 12.4. The van der Waals surface area contributed by atoms with Gasteiger partial charge >= 0.3 is 5.97 Å². The molecule has 1 saturated heterocycles. The normalized spacial score (nSPS) is 20.9. The maximum Gasteiger partial charge on any atom is 0.329 e. The number of methoxy groups -OCH3 is 3. The highest BCUT2D eigenvalue weighted by atomic mass is 16.6. The summed E-state index contributed by atoms with van der Waals surface area (Å²) in [6.45, 7) is 1.91. The lowest BCUT2D eigenvalue weighted by Crippen LogP contribution is -2.51. The fourth-order valence-corrected chi connectivity index (χ4v) is 5.30. The topological polar surface area (TPSA) is 94.5 Å². The summed E-state index contributed by atoms with van der Waals surface area (Å²) in [5.41, 5.74) is 0.813. The molecule has 1 aliphatic heterocycles. The van der Waals surface area contributed by atoms with Crippen molar-refractivity contribution in [3.8, 4) is 17.2 Å². The van der Waals surface area contributed by atoms with Crippen molar-refractivity contribution in [2.75, 3.05) is 34.5 Å². The van der Waals surface area contributed by atoms with Crippen molar-refractivity contribution in [3.63, 3.8) is 0 Å². The Morgan fingerprint density at radius 1 is 0.971 bits per heavy atom. The minimum Gasteiger partial charge on any atom is -0.493 e. The number of carbonyl (C=O) groups is 2. The van der Waals surface area contributed by atoms with Crippen LogP contribution >= 0.6 is 0 Å². The van der Waals surface area contributed by atoms with E-state index in [4.69, 9.17) is 18.9 Å². The molecule has 34 heavy (non-hydrogen) atoms. The second-order valence-electron chi connectivity index (χ2n) is 9.31. The van der Waals surface area contributed by atoms with E-state index >= 15 is 0 Å². The third kappa shape index (κ3) is 5.77. The molecular weight excluding hydrogens is 438 g/mol. The predicted molar refractivity (Wildman–Crippen MR) is 127 cm³/mol. The molecule has 3 atom stereocenters. The van der Waals surface area contributed by atoms with Gasteiger partial charge in [-0.1, -0.05) is 19.3 Å². The molecule has 190 valence electrons. The number of nitrogens with zero attached hydrogens (tertiary/aromatic N) is 1.